The Morgan fingerprint density at radius 3 is 2.14 bits per heavy atom. The number of amides is 2. The fourth-order valence-corrected chi connectivity index (χ4v) is 4.43. The van der Waals surface area contributed by atoms with Gasteiger partial charge in [-0.3, -0.25) is 9.59 Å². The van der Waals surface area contributed by atoms with Crippen LogP contribution >= 0.6 is 0 Å². The van der Waals surface area contributed by atoms with Crippen LogP contribution < -0.4 is 5.32 Å². The van der Waals surface area contributed by atoms with Gasteiger partial charge >= 0.3 is 0 Å². The number of hydrogen-bond acceptors (Lipinski definition) is 3. The van der Waals surface area contributed by atoms with E-state index in [-0.39, 0.29) is 23.1 Å². The summed E-state index contributed by atoms with van der Waals surface area (Å²) >= 11 is 0. The molecule has 1 aromatic heterocycles. The Labute approximate surface area is 208 Å². The third kappa shape index (κ3) is 6.59. The molecule has 0 atom stereocenters. The number of nitrogens with zero attached hydrogens (tertiary/aromatic N) is 3. The lowest BCUT2D eigenvalue weighted by atomic mass is 9.92. The largest absolute Gasteiger partial charge is 0.343 e. The van der Waals surface area contributed by atoms with E-state index >= 15 is 0 Å². The smallest absolute Gasteiger partial charge is 0.228 e. The molecule has 2 aromatic carbocycles. The summed E-state index contributed by atoms with van der Waals surface area (Å²) in [6.45, 7) is 8.22. The summed E-state index contributed by atoms with van der Waals surface area (Å²) in [6.07, 6.45) is 2.63. The first-order valence-electron chi connectivity index (χ1n) is 12.5. The van der Waals surface area contributed by atoms with Crippen LogP contribution in [0.2, 0.25) is 0 Å². The number of benzene rings is 2. The number of piperidine rings is 1. The lowest BCUT2D eigenvalue weighted by Gasteiger charge is -2.31. The summed E-state index contributed by atoms with van der Waals surface area (Å²) < 4.78 is 1.88. The van der Waals surface area contributed by atoms with Gasteiger partial charge in [-0.25, -0.2) is 4.68 Å². The van der Waals surface area contributed by atoms with Crippen LogP contribution in [0.25, 0.3) is 0 Å². The monoisotopic (exact) mass is 472 g/mol. The molecule has 0 radical (unpaired) electrons. The average molecular weight is 473 g/mol. The predicted octanol–water partition coefficient (Wildman–Crippen LogP) is 5.04. The van der Waals surface area contributed by atoms with Crippen LogP contribution in [0, 0.1) is 5.92 Å². The zero-order valence-corrected chi connectivity index (χ0v) is 21.0. The summed E-state index contributed by atoms with van der Waals surface area (Å²) in [5.74, 6) is 0.802. The fourth-order valence-electron chi connectivity index (χ4n) is 4.43. The van der Waals surface area contributed by atoms with Crippen LogP contribution in [0.15, 0.2) is 66.7 Å². The maximum absolute atomic E-state index is 13.2. The van der Waals surface area contributed by atoms with E-state index in [0.29, 0.717) is 38.9 Å². The molecule has 1 fully saturated rings. The molecule has 2 heterocycles. The van der Waals surface area contributed by atoms with Crippen LogP contribution in [0.4, 0.5) is 5.82 Å². The van der Waals surface area contributed by atoms with Gasteiger partial charge in [-0.15, -0.1) is 0 Å². The van der Waals surface area contributed by atoms with E-state index in [9.17, 15) is 9.59 Å². The van der Waals surface area contributed by atoms with Gasteiger partial charge in [-0.2, -0.15) is 5.10 Å². The van der Waals surface area contributed by atoms with Crippen molar-refractivity contribution in [3.05, 3.63) is 83.6 Å². The first-order chi connectivity index (χ1) is 16.8. The predicted molar refractivity (Wildman–Crippen MR) is 139 cm³/mol. The minimum atomic E-state index is -0.118. The normalized spacial score (nSPS) is 14.7. The molecule has 0 unspecified atom stereocenters. The van der Waals surface area contributed by atoms with Crippen molar-refractivity contribution in [2.45, 2.75) is 58.4 Å². The van der Waals surface area contributed by atoms with Gasteiger partial charge in [0, 0.05) is 36.9 Å². The number of aryl methyl sites for hydroxylation is 1. The van der Waals surface area contributed by atoms with Gasteiger partial charge < -0.3 is 10.2 Å². The van der Waals surface area contributed by atoms with Crippen molar-refractivity contribution in [3.8, 4) is 0 Å². The highest BCUT2D eigenvalue weighted by Crippen LogP contribution is 2.26. The van der Waals surface area contributed by atoms with E-state index in [1.807, 2.05) is 52.0 Å². The Morgan fingerprint density at radius 1 is 0.943 bits per heavy atom. The SMILES string of the molecule is CC(C)(C)c1cc(NC(=O)C2CCN(C(=O)CCc3ccccc3)CC2)n(Cc2ccccc2)n1. The van der Waals surface area contributed by atoms with Gasteiger partial charge in [0.25, 0.3) is 0 Å². The van der Waals surface area contributed by atoms with E-state index in [1.54, 1.807) is 0 Å². The third-order valence-corrected chi connectivity index (χ3v) is 6.66. The van der Waals surface area contributed by atoms with E-state index in [4.69, 9.17) is 5.10 Å². The number of nitrogens with one attached hydrogen (secondary N) is 1. The molecule has 1 aliphatic rings. The molecule has 0 saturated carbocycles. The molecular formula is C29H36N4O2. The molecule has 0 aliphatic carbocycles. The van der Waals surface area contributed by atoms with Gasteiger partial charge in [0.1, 0.15) is 5.82 Å². The highest BCUT2D eigenvalue weighted by Gasteiger charge is 2.28. The molecule has 6 heteroatoms. The average Bonchev–Trinajstić information content (AvgIpc) is 3.26. The Kier molecular flexibility index (Phi) is 7.69. The molecular weight excluding hydrogens is 436 g/mol. The maximum atomic E-state index is 13.2. The van der Waals surface area contributed by atoms with E-state index in [1.165, 1.54) is 5.56 Å². The highest BCUT2D eigenvalue weighted by atomic mass is 16.2. The zero-order valence-electron chi connectivity index (χ0n) is 21.0. The minimum absolute atomic E-state index is 0.0102. The second-order valence-electron chi connectivity index (χ2n) is 10.4. The fraction of sp³-hybridized carbons (Fsp3) is 0.414. The van der Waals surface area contributed by atoms with Gasteiger partial charge in [0.15, 0.2) is 0 Å². The van der Waals surface area contributed by atoms with E-state index < -0.39 is 0 Å². The third-order valence-electron chi connectivity index (χ3n) is 6.66. The first-order valence-corrected chi connectivity index (χ1v) is 12.5. The standard InChI is InChI=1S/C29H36N4O2/c1-29(2,3)25-20-26(33(31-25)21-23-12-8-5-9-13-23)30-28(35)24-16-18-32(19-17-24)27(34)15-14-22-10-6-4-7-11-22/h4-13,20,24H,14-19,21H2,1-3H3,(H,30,35). The number of hydrogen-bond donors (Lipinski definition) is 1. The van der Waals surface area contributed by atoms with E-state index in [0.717, 1.165) is 23.5 Å². The van der Waals surface area contributed by atoms with Crippen molar-refractivity contribution in [2.24, 2.45) is 5.92 Å². The first kappa shape index (κ1) is 24.7. The van der Waals surface area contributed by atoms with Crippen LogP contribution in [-0.2, 0) is 28.0 Å². The Hall–Kier alpha value is -3.41. The van der Waals surface area contributed by atoms with Crippen molar-refractivity contribution in [3.63, 3.8) is 0 Å². The summed E-state index contributed by atoms with van der Waals surface area (Å²) in [5.41, 5.74) is 3.14. The number of likely N-dealkylation sites (tertiary alicyclic amines) is 1. The number of aromatic nitrogens is 2. The summed E-state index contributed by atoms with van der Waals surface area (Å²) in [4.78, 5) is 27.7. The summed E-state index contributed by atoms with van der Waals surface area (Å²) in [6, 6.07) is 22.2. The molecule has 1 aliphatic heterocycles. The lowest BCUT2D eigenvalue weighted by molar-refractivity contribution is -0.134. The van der Waals surface area contributed by atoms with Gasteiger partial charge in [0.2, 0.25) is 11.8 Å². The zero-order chi connectivity index (χ0) is 24.8. The van der Waals surface area contributed by atoms with Crippen LogP contribution in [-0.4, -0.2) is 39.6 Å². The highest BCUT2D eigenvalue weighted by molar-refractivity contribution is 5.92. The van der Waals surface area contributed by atoms with Crippen molar-refractivity contribution in [2.75, 3.05) is 18.4 Å². The molecule has 1 N–H and O–H groups in total. The number of carbonyl (C=O) groups is 2. The lowest BCUT2D eigenvalue weighted by Crippen LogP contribution is -2.41. The number of anilines is 1. The second kappa shape index (κ2) is 10.9. The molecule has 2 amide bonds. The molecule has 35 heavy (non-hydrogen) atoms. The van der Waals surface area contributed by atoms with Crippen LogP contribution in [0.3, 0.4) is 0 Å². The van der Waals surface area contributed by atoms with Gasteiger partial charge in [-0.05, 0) is 30.4 Å². The molecule has 0 bridgehead atoms. The van der Waals surface area contributed by atoms with Crippen molar-refractivity contribution in [1.29, 1.82) is 0 Å². The van der Waals surface area contributed by atoms with Crippen LogP contribution in [0.5, 0.6) is 0 Å². The Morgan fingerprint density at radius 2 is 1.54 bits per heavy atom. The van der Waals surface area contributed by atoms with E-state index in [2.05, 4.69) is 50.4 Å². The molecule has 0 spiro atoms. The van der Waals surface area contributed by atoms with Crippen LogP contribution in [0.1, 0.15) is 56.9 Å². The maximum Gasteiger partial charge on any atom is 0.228 e. The van der Waals surface area contributed by atoms with Gasteiger partial charge in [-0.1, -0.05) is 81.4 Å². The van der Waals surface area contributed by atoms with Crippen molar-refractivity contribution >= 4 is 17.6 Å². The second-order valence-corrected chi connectivity index (χ2v) is 10.4. The number of rotatable bonds is 7. The summed E-state index contributed by atoms with van der Waals surface area (Å²) in [5, 5.41) is 7.95. The molecule has 3 aromatic rings. The van der Waals surface area contributed by atoms with Crippen molar-refractivity contribution in [1.82, 2.24) is 14.7 Å². The van der Waals surface area contributed by atoms with Gasteiger partial charge in [0.05, 0.1) is 12.2 Å². The Bertz CT molecular complexity index is 1120. The molecule has 4 rings (SSSR count). The molecule has 184 valence electrons. The minimum Gasteiger partial charge on any atom is -0.343 e. The molecule has 1 saturated heterocycles. The Balaban J connectivity index is 1.35. The molecule has 6 nitrogen and oxygen atoms in total. The number of carbonyl (C=O) groups excluding carboxylic acids is 2. The topological polar surface area (TPSA) is 67.2 Å². The quantitative estimate of drug-likeness (QED) is 0.524. The van der Waals surface area contributed by atoms with Crippen molar-refractivity contribution < 1.29 is 9.59 Å². The summed E-state index contributed by atoms with van der Waals surface area (Å²) in [7, 11) is 0.